The van der Waals surface area contributed by atoms with Crippen LogP contribution in [0.15, 0.2) is 42.5 Å². The summed E-state index contributed by atoms with van der Waals surface area (Å²) in [6, 6.07) is 9.82. The van der Waals surface area contributed by atoms with Gasteiger partial charge in [0.05, 0.1) is 24.0 Å². The highest BCUT2D eigenvalue weighted by molar-refractivity contribution is 7.92. The Morgan fingerprint density at radius 3 is 2.24 bits per heavy atom. The maximum atomic E-state index is 13.8. The zero-order chi connectivity index (χ0) is 28.6. The van der Waals surface area contributed by atoms with Crippen molar-refractivity contribution < 1.29 is 27.7 Å². The summed E-state index contributed by atoms with van der Waals surface area (Å²) in [7, 11) is -2.49. The number of carbonyl (C=O) groups is 2. The topological polar surface area (TPSA) is 139 Å². The van der Waals surface area contributed by atoms with Gasteiger partial charge in [-0.05, 0) is 49.9 Å². The van der Waals surface area contributed by atoms with Crippen molar-refractivity contribution in [2.75, 3.05) is 24.2 Å². The quantitative estimate of drug-likeness (QED) is 0.299. The van der Waals surface area contributed by atoms with E-state index in [1.165, 1.54) is 24.1 Å². The molecule has 2 aromatic carbocycles. The molecule has 1 N–H and O–H groups in total. The molecule has 0 aliphatic heterocycles. The van der Waals surface area contributed by atoms with Crippen molar-refractivity contribution in [2.24, 2.45) is 0 Å². The predicted molar refractivity (Wildman–Crippen MR) is 146 cm³/mol. The number of non-ortho nitro benzene ring substituents is 1. The number of hydrogen-bond donors (Lipinski definition) is 1. The van der Waals surface area contributed by atoms with Crippen LogP contribution in [-0.2, 0) is 26.2 Å². The maximum absolute atomic E-state index is 13.8. The molecular formula is C26H36N4O7S. The number of sulfonamides is 1. The summed E-state index contributed by atoms with van der Waals surface area (Å²) >= 11 is 0. The lowest BCUT2D eigenvalue weighted by Crippen LogP contribution is -2.53. The lowest BCUT2D eigenvalue weighted by Gasteiger charge is -2.33. The molecule has 0 fully saturated rings. The molecular weight excluding hydrogens is 512 g/mol. The minimum absolute atomic E-state index is 0.0246. The van der Waals surface area contributed by atoms with E-state index in [9.17, 15) is 28.1 Å². The molecule has 0 radical (unpaired) electrons. The average Bonchev–Trinajstić information content (AvgIpc) is 2.86. The second-order valence-electron chi connectivity index (χ2n) is 9.11. The molecule has 0 saturated carbocycles. The first-order chi connectivity index (χ1) is 17.8. The Bertz CT molecular complexity index is 1250. The van der Waals surface area contributed by atoms with Gasteiger partial charge in [0.1, 0.15) is 18.3 Å². The van der Waals surface area contributed by atoms with Crippen LogP contribution < -0.4 is 14.4 Å². The number of hydrogen-bond acceptors (Lipinski definition) is 7. The number of rotatable bonds is 13. The Morgan fingerprint density at radius 1 is 1.11 bits per heavy atom. The van der Waals surface area contributed by atoms with Crippen molar-refractivity contribution in [1.82, 2.24) is 10.2 Å². The van der Waals surface area contributed by atoms with Gasteiger partial charge in [0.15, 0.2) is 0 Å². The molecule has 2 atom stereocenters. The Morgan fingerprint density at radius 2 is 1.74 bits per heavy atom. The van der Waals surface area contributed by atoms with E-state index in [4.69, 9.17) is 4.74 Å². The standard InChI is InChI=1S/C26H36N4O7S/c1-7-19(4)27-26(32)23(8-2)28(16-20-10-13-22(37-5)14-11-20)25(31)17-29(38(6,35)36)24-15-21(30(33)34)12-9-18(24)3/h9-15,19,23H,7-8,16-17H2,1-6H3,(H,27,32)/t19-,23-/m1/s1. The van der Waals surface area contributed by atoms with Gasteiger partial charge in [0, 0.05) is 24.7 Å². The van der Waals surface area contributed by atoms with Crippen molar-refractivity contribution in [3.63, 3.8) is 0 Å². The van der Waals surface area contributed by atoms with Crippen molar-refractivity contribution in [3.05, 3.63) is 63.7 Å². The summed E-state index contributed by atoms with van der Waals surface area (Å²) < 4.78 is 31.6. The normalized spacial score (nSPS) is 12.8. The van der Waals surface area contributed by atoms with Crippen LogP contribution in [0.3, 0.4) is 0 Å². The molecule has 2 rings (SSSR count). The average molecular weight is 549 g/mol. The number of benzene rings is 2. The van der Waals surface area contributed by atoms with Gasteiger partial charge in [0.25, 0.3) is 5.69 Å². The summed E-state index contributed by atoms with van der Waals surface area (Å²) in [5.41, 5.74) is 0.876. The molecule has 2 aromatic rings. The number of carbonyl (C=O) groups excluding carboxylic acids is 2. The number of ether oxygens (including phenoxy) is 1. The summed E-state index contributed by atoms with van der Waals surface area (Å²) in [5, 5.41) is 14.2. The molecule has 38 heavy (non-hydrogen) atoms. The zero-order valence-electron chi connectivity index (χ0n) is 22.6. The lowest BCUT2D eigenvalue weighted by atomic mass is 10.1. The molecule has 2 amide bonds. The Labute approximate surface area is 224 Å². The number of methoxy groups -OCH3 is 1. The van der Waals surface area contributed by atoms with Crippen molar-refractivity contribution in [3.8, 4) is 5.75 Å². The second-order valence-corrected chi connectivity index (χ2v) is 11.0. The van der Waals surface area contributed by atoms with E-state index in [-0.39, 0.29) is 29.9 Å². The predicted octanol–water partition coefficient (Wildman–Crippen LogP) is 3.40. The van der Waals surface area contributed by atoms with E-state index in [0.717, 1.165) is 16.6 Å². The van der Waals surface area contributed by atoms with Gasteiger partial charge in [-0.25, -0.2) is 8.42 Å². The molecule has 12 heteroatoms. The minimum atomic E-state index is -4.02. The van der Waals surface area contributed by atoms with Crippen molar-refractivity contribution in [1.29, 1.82) is 0 Å². The van der Waals surface area contributed by atoms with E-state index < -0.39 is 33.4 Å². The number of nitrogens with zero attached hydrogens (tertiary/aromatic N) is 3. The molecule has 0 aliphatic rings. The van der Waals surface area contributed by atoms with Gasteiger partial charge in [-0.2, -0.15) is 0 Å². The number of anilines is 1. The smallest absolute Gasteiger partial charge is 0.271 e. The van der Waals surface area contributed by atoms with Crippen LogP contribution in [-0.4, -0.2) is 62.0 Å². The molecule has 0 spiro atoms. The monoisotopic (exact) mass is 548 g/mol. The fourth-order valence-corrected chi connectivity index (χ4v) is 4.76. The SMILES string of the molecule is CC[C@@H](C)NC(=O)[C@@H](CC)N(Cc1ccc(OC)cc1)C(=O)CN(c1cc([N+](=O)[O-])ccc1C)S(C)(=O)=O. The number of aryl methyl sites for hydroxylation is 1. The highest BCUT2D eigenvalue weighted by Crippen LogP contribution is 2.28. The summed E-state index contributed by atoms with van der Waals surface area (Å²) in [6.07, 6.45) is 1.92. The second kappa shape index (κ2) is 13.2. The van der Waals surface area contributed by atoms with Crippen LogP contribution >= 0.6 is 0 Å². The van der Waals surface area contributed by atoms with E-state index in [0.29, 0.717) is 29.7 Å². The molecule has 0 heterocycles. The van der Waals surface area contributed by atoms with Crippen LogP contribution in [0.5, 0.6) is 5.75 Å². The molecule has 0 unspecified atom stereocenters. The molecule has 0 saturated heterocycles. The van der Waals surface area contributed by atoms with E-state index in [1.54, 1.807) is 38.1 Å². The van der Waals surface area contributed by atoms with Crippen LogP contribution in [0.1, 0.15) is 44.7 Å². The lowest BCUT2D eigenvalue weighted by molar-refractivity contribution is -0.384. The van der Waals surface area contributed by atoms with Gasteiger partial charge >= 0.3 is 0 Å². The van der Waals surface area contributed by atoms with E-state index in [2.05, 4.69) is 5.32 Å². The van der Waals surface area contributed by atoms with Gasteiger partial charge < -0.3 is 15.0 Å². The Hall–Kier alpha value is -3.67. The first-order valence-corrected chi connectivity index (χ1v) is 14.1. The Kier molecular flexibility index (Phi) is 10.6. The number of nitrogens with one attached hydrogen (secondary N) is 1. The fourth-order valence-electron chi connectivity index (χ4n) is 3.86. The number of amides is 2. The van der Waals surface area contributed by atoms with Gasteiger partial charge in [-0.3, -0.25) is 24.0 Å². The van der Waals surface area contributed by atoms with Crippen LogP contribution in [0.4, 0.5) is 11.4 Å². The molecule has 11 nitrogen and oxygen atoms in total. The van der Waals surface area contributed by atoms with Gasteiger partial charge in [-0.1, -0.05) is 32.0 Å². The number of nitro groups is 1. The number of nitro benzene ring substituents is 1. The first kappa shape index (κ1) is 30.6. The molecule has 0 aromatic heterocycles. The van der Waals surface area contributed by atoms with Gasteiger partial charge in [0.2, 0.25) is 21.8 Å². The maximum Gasteiger partial charge on any atom is 0.271 e. The molecule has 0 bridgehead atoms. The third kappa shape index (κ3) is 7.91. The summed E-state index contributed by atoms with van der Waals surface area (Å²) in [4.78, 5) is 39.0. The van der Waals surface area contributed by atoms with Crippen molar-refractivity contribution >= 4 is 33.2 Å². The van der Waals surface area contributed by atoms with Crippen LogP contribution in [0.2, 0.25) is 0 Å². The third-order valence-corrected chi connectivity index (χ3v) is 7.38. The molecule has 0 aliphatic carbocycles. The zero-order valence-corrected chi connectivity index (χ0v) is 23.4. The molecule has 208 valence electrons. The minimum Gasteiger partial charge on any atom is -0.497 e. The Balaban J connectivity index is 2.52. The van der Waals surface area contributed by atoms with Crippen LogP contribution in [0, 0.1) is 17.0 Å². The van der Waals surface area contributed by atoms with Gasteiger partial charge in [-0.15, -0.1) is 0 Å². The highest BCUT2D eigenvalue weighted by atomic mass is 32.2. The van der Waals surface area contributed by atoms with E-state index >= 15 is 0 Å². The largest absolute Gasteiger partial charge is 0.497 e. The van der Waals surface area contributed by atoms with Crippen molar-refractivity contribution in [2.45, 2.75) is 59.2 Å². The highest BCUT2D eigenvalue weighted by Gasteiger charge is 2.33. The third-order valence-electron chi connectivity index (χ3n) is 6.25. The first-order valence-electron chi connectivity index (χ1n) is 12.3. The van der Waals surface area contributed by atoms with E-state index in [1.807, 2.05) is 13.8 Å². The summed E-state index contributed by atoms with van der Waals surface area (Å²) in [6.45, 7) is 6.57. The van der Waals surface area contributed by atoms with Crippen LogP contribution in [0.25, 0.3) is 0 Å². The summed E-state index contributed by atoms with van der Waals surface area (Å²) in [5.74, 6) is -0.345. The fraction of sp³-hybridized carbons (Fsp3) is 0.462.